The van der Waals surface area contributed by atoms with Gasteiger partial charge in [0.25, 0.3) is 5.91 Å². The number of hydrogen-bond acceptors (Lipinski definition) is 4. The van der Waals surface area contributed by atoms with Crippen molar-refractivity contribution in [2.24, 2.45) is 7.05 Å². The van der Waals surface area contributed by atoms with E-state index in [0.717, 1.165) is 17.5 Å². The summed E-state index contributed by atoms with van der Waals surface area (Å²) >= 11 is 0. The fourth-order valence-corrected chi connectivity index (χ4v) is 2.10. The number of rotatable bonds is 5. The van der Waals surface area contributed by atoms with Crippen LogP contribution >= 0.6 is 0 Å². The largest absolute Gasteiger partial charge is 0.497 e. The summed E-state index contributed by atoms with van der Waals surface area (Å²) in [6, 6.07) is 6.99. The van der Waals surface area contributed by atoms with E-state index in [1.54, 1.807) is 19.2 Å². The Balaban J connectivity index is 2.17. The van der Waals surface area contributed by atoms with Gasteiger partial charge in [0.1, 0.15) is 17.0 Å². The van der Waals surface area contributed by atoms with Crippen LogP contribution in [0, 0.1) is 0 Å². The smallest absolute Gasteiger partial charge is 0.339 e. The molecular formula is C15H17N3O4. The number of aromatic carboxylic acids is 1. The lowest BCUT2D eigenvalue weighted by Gasteiger charge is -2.15. The van der Waals surface area contributed by atoms with Gasteiger partial charge < -0.3 is 15.2 Å². The summed E-state index contributed by atoms with van der Waals surface area (Å²) in [5, 5.41) is 15.7. The molecule has 1 atom stereocenters. The molecular weight excluding hydrogens is 286 g/mol. The molecule has 2 aromatic rings. The molecule has 0 aliphatic heterocycles. The molecule has 0 spiro atoms. The second-order valence-electron chi connectivity index (χ2n) is 4.80. The zero-order valence-corrected chi connectivity index (χ0v) is 12.5. The van der Waals surface area contributed by atoms with Crippen molar-refractivity contribution in [3.8, 4) is 5.75 Å². The van der Waals surface area contributed by atoms with E-state index in [1.165, 1.54) is 11.7 Å². The SMILES string of the molecule is COc1ccc(C(C)NC(=O)c2c(C(=O)O)cnn2C)cc1. The van der Waals surface area contributed by atoms with Gasteiger partial charge in [-0.3, -0.25) is 9.48 Å². The fourth-order valence-electron chi connectivity index (χ4n) is 2.10. The molecule has 2 N–H and O–H groups in total. The van der Waals surface area contributed by atoms with Gasteiger partial charge in [0.15, 0.2) is 0 Å². The molecule has 0 aliphatic carbocycles. The van der Waals surface area contributed by atoms with E-state index in [0.29, 0.717) is 0 Å². The minimum atomic E-state index is -1.18. The average Bonchev–Trinajstić information content (AvgIpc) is 2.89. The molecule has 22 heavy (non-hydrogen) atoms. The van der Waals surface area contributed by atoms with Gasteiger partial charge in [-0.1, -0.05) is 12.1 Å². The maximum atomic E-state index is 12.3. The van der Waals surface area contributed by atoms with Crippen LogP contribution in [0.5, 0.6) is 5.75 Å². The minimum Gasteiger partial charge on any atom is -0.497 e. The summed E-state index contributed by atoms with van der Waals surface area (Å²) in [6.45, 7) is 1.82. The summed E-state index contributed by atoms with van der Waals surface area (Å²) < 4.78 is 6.33. The molecule has 0 saturated heterocycles. The van der Waals surface area contributed by atoms with Crippen LogP contribution in [0.2, 0.25) is 0 Å². The number of aryl methyl sites for hydroxylation is 1. The predicted octanol–water partition coefficient (Wildman–Crippen LogP) is 1.62. The van der Waals surface area contributed by atoms with Crippen LogP contribution in [-0.4, -0.2) is 33.9 Å². The van der Waals surface area contributed by atoms with Crippen LogP contribution in [-0.2, 0) is 7.05 Å². The standard InChI is InChI=1S/C15H17N3O4/c1-9(10-4-6-11(22-3)7-5-10)17-14(19)13-12(15(20)21)8-16-18(13)2/h4-9H,1-3H3,(H,17,19)(H,20,21). The van der Waals surface area contributed by atoms with E-state index in [4.69, 9.17) is 9.84 Å². The van der Waals surface area contributed by atoms with Gasteiger partial charge in [-0.2, -0.15) is 5.10 Å². The number of amides is 1. The number of carbonyl (C=O) groups is 2. The molecule has 116 valence electrons. The van der Waals surface area contributed by atoms with Crippen molar-refractivity contribution in [2.75, 3.05) is 7.11 Å². The van der Waals surface area contributed by atoms with Crippen molar-refractivity contribution >= 4 is 11.9 Å². The van der Waals surface area contributed by atoms with E-state index in [1.807, 2.05) is 19.1 Å². The maximum absolute atomic E-state index is 12.3. The van der Waals surface area contributed by atoms with Crippen molar-refractivity contribution in [1.82, 2.24) is 15.1 Å². The monoisotopic (exact) mass is 303 g/mol. The lowest BCUT2D eigenvalue weighted by Crippen LogP contribution is -2.29. The molecule has 0 fully saturated rings. The topological polar surface area (TPSA) is 93.4 Å². The first-order valence-electron chi connectivity index (χ1n) is 6.64. The highest BCUT2D eigenvalue weighted by Crippen LogP contribution is 2.18. The molecule has 0 aliphatic rings. The number of ether oxygens (including phenoxy) is 1. The number of carbonyl (C=O) groups excluding carboxylic acids is 1. The molecule has 7 heteroatoms. The highest BCUT2D eigenvalue weighted by Gasteiger charge is 2.22. The number of carboxylic acid groups (broad SMARTS) is 1. The number of hydrogen-bond donors (Lipinski definition) is 2. The molecule has 1 unspecified atom stereocenters. The van der Waals surface area contributed by atoms with Crippen molar-refractivity contribution in [3.63, 3.8) is 0 Å². The molecule has 2 rings (SSSR count). The number of benzene rings is 1. The number of methoxy groups -OCH3 is 1. The Morgan fingerprint density at radius 1 is 1.32 bits per heavy atom. The second kappa shape index (κ2) is 6.30. The lowest BCUT2D eigenvalue weighted by atomic mass is 10.1. The Bertz CT molecular complexity index is 691. The van der Waals surface area contributed by atoms with E-state index < -0.39 is 11.9 Å². The Morgan fingerprint density at radius 2 is 1.95 bits per heavy atom. The Morgan fingerprint density at radius 3 is 2.50 bits per heavy atom. The van der Waals surface area contributed by atoms with E-state index in [2.05, 4.69) is 10.4 Å². The molecule has 0 radical (unpaired) electrons. The van der Waals surface area contributed by atoms with Crippen LogP contribution in [0.15, 0.2) is 30.5 Å². The molecule has 1 aromatic heterocycles. The van der Waals surface area contributed by atoms with Crippen LogP contribution in [0.1, 0.15) is 39.4 Å². The van der Waals surface area contributed by atoms with Crippen LogP contribution < -0.4 is 10.1 Å². The molecule has 7 nitrogen and oxygen atoms in total. The van der Waals surface area contributed by atoms with Gasteiger partial charge in [-0.25, -0.2) is 4.79 Å². The van der Waals surface area contributed by atoms with Crippen LogP contribution in [0.4, 0.5) is 0 Å². The third-order valence-corrected chi connectivity index (χ3v) is 3.35. The Labute approximate surface area is 127 Å². The summed E-state index contributed by atoms with van der Waals surface area (Å²) in [6.07, 6.45) is 1.16. The predicted molar refractivity (Wildman–Crippen MR) is 79.0 cm³/mol. The van der Waals surface area contributed by atoms with Gasteiger partial charge in [0.2, 0.25) is 0 Å². The van der Waals surface area contributed by atoms with Crippen molar-refractivity contribution in [1.29, 1.82) is 0 Å². The van der Waals surface area contributed by atoms with Crippen molar-refractivity contribution in [2.45, 2.75) is 13.0 Å². The fraction of sp³-hybridized carbons (Fsp3) is 0.267. The first-order valence-corrected chi connectivity index (χ1v) is 6.64. The van der Waals surface area contributed by atoms with Gasteiger partial charge in [-0.05, 0) is 24.6 Å². The van der Waals surface area contributed by atoms with E-state index in [-0.39, 0.29) is 17.3 Å². The average molecular weight is 303 g/mol. The summed E-state index contributed by atoms with van der Waals surface area (Å²) in [4.78, 5) is 23.4. The normalized spacial score (nSPS) is 11.8. The number of nitrogens with one attached hydrogen (secondary N) is 1. The molecule has 1 aromatic carbocycles. The number of carboxylic acids is 1. The van der Waals surface area contributed by atoms with Gasteiger partial charge in [-0.15, -0.1) is 0 Å². The quantitative estimate of drug-likeness (QED) is 0.875. The third kappa shape index (κ3) is 3.08. The molecule has 1 heterocycles. The molecule has 0 bridgehead atoms. The van der Waals surface area contributed by atoms with Crippen molar-refractivity contribution in [3.05, 3.63) is 47.3 Å². The first kappa shape index (κ1) is 15.6. The van der Waals surface area contributed by atoms with Gasteiger partial charge in [0, 0.05) is 7.05 Å². The zero-order chi connectivity index (χ0) is 16.3. The van der Waals surface area contributed by atoms with E-state index in [9.17, 15) is 9.59 Å². The third-order valence-electron chi connectivity index (χ3n) is 3.35. The minimum absolute atomic E-state index is 0.0212. The highest BCUT2D eigenvalue weighted by atomic mass is 16.5. The molecule has 1 amide bonds. The van der Waals surface area contributed by atoms with Crippen molar-refractivity contribution < 1.29 is 19.4 Å². The lowest BCUT2D eigenvalue weighted by molar-refractivity contribution is 0.0690. The Kier molecular flexibility index (Phi) is 4.45. The number of nitrogens with zero attached hydrogens (tertiary/aromatic N) is 2. The summed E-state index contributed by atoms with van der Waals surface area (Å²) in [5.74, 6) is -0.946. The van der Waals surface area contributed by atoms with Gasteiger partial charge in [0.05, 0.1) is 19.3 Å². The van der Waals surface area contributed by atoms with Crippen LogP contribution in [0.3, 0.4) is 0 Å². The maximum Gasteiger partial charge on any atom is 0.339 e. The van der Waals surface area contributed by atoms with Gasteiger partial charge >= 0.3 is 5.97 Å². The summed E-state index contributed by atoms with van der Waals surface area (Å²) in [7, 11) is 3.11. The Hall–Kier alpha value is -2.83. The molecule has 0 saturated carbocycles. The van der Waals surface area contributed by atoms with E-state index >= 15 is 0 Å². The van der Waals surface area contributed by atoms with Crippen LogP contribution in [0.25, 0.3) is 0 Å². The highest BCUT2D eigenvalue weighted by molar-refractivity contribution is 6.03. The second-order valence-corrected chi connectivity index (χ2v) is 4.80. The zero-order valence-electron chi connectivity index (χ0n) is 12.5. The number of aromatic nitrogens is 2. The summed E-state index contributed by atoms with van der Waals surface area (Å²) in [5.41, 5.74) is 0.781. The first-order chi connectivity index (χ1) is 10.4.